The van der Waals surface area contributed by atoms with Gasteiger partial charge in [0.25, 0.3) is 0 Å². The SMILES string of the molecule is CN(Cc1ccccc1)C(=O)CN1Cc2nc(N)sc2C1. The van der Waals surface area contributed by atoms with Crippen molar-refractivity contribution in [1.29, 1.82) is 0 Å². The van der Waals surface area contributed by atoms with Gasteiger partial charge < -0.3 is 10.6 Å². The Bertz CT molecular complexity index is 617. The quantitative estimate of drug-likeness (QED) is 0.934. The molecule has 0 saturated heterocycles. The lowest BCUT2D eigenvalue weighted by atomic mass is 10.2. The van der Waals surface area contributed by atoms with Crippen LogP contribution in [0.25, 0.3) is 0 Å². The van der Waals surface area contributed by atoms with E-state index in [1.807, 2.05) is 37.4 Å². The van der Waals surface area contributed by atoms with E-state index >= 15 is 0 Å². The number of nitrogens with zero attached hydrogens (tertiary/aromatic N) is 3. The van der Waals surface area contributed by atoms with E-state index in [0.29, 0.717) is 24.8 Å². The summed E-state index contributed by atoms with van der Waals surface area (Å²) in [6.07, 6.45) is 0. The van der Waals surface area contributed by atoms with Gasteiger partial charge in [-0.25, -0.2) is 4.98 Å². The maximum atomic E-state index is 12.3. The second-order valence-electron chi connectivity index (χ2n) is 5.30. The summed E-state index contributed by atoms with van der Waals surface area (Å²) in [5.74, 6) is 0.127. The summed E-state index contributed by atoms with van der Waals surface area (Å²) in [5.41, 5.74) is 7.85. The van der Waals surface area contributed by atoms with Gasteiger partial charge in [0.1, 0.15) is 0 Å². The molecule has 1 aliphatic heterocycles. The highest BCUT2D eigenvalue weighted by Gasteiger charge is 2.25. The molecule has 1 aromatic carbocycles. The molecule has 0 unspecified atom stereocenters. The Hall–Kier alpha value is -1.92. The Labute approximate surface area is 128 Å². The van der Waals surface area contributed by atoms with Gasteiger partial charge >= 0.3 is 0 Å². The van der Waals surface area contributed by atoms with E-state index in [9.17, 15) is 4.79 Å². The summed E-state index contributed by atoms with van der Waals surface area (Å²) in [6.45, 7) is 2.55. The number of aromatic nitrogens is 1. The lowest BCUT2D eigenvalue weighted by molar-refractivity contribution is -0.131. The number of likely N-dealkylation sites (N-methyl/N-ethyl adjacent to an activating group) is 1. The molecule has 110 valence electrons. The van der Waals surface area contributed by atoms with E-state index in [0.717, 1.165) is 17.8 Å². The van der Waals surface area contributed by atoms with Crippen molar-refractivity contribution < 1.29 is 4.79 Å². The van der Waals surface area contributed by atoms with Gasteiger partial charge in [0.05, 0.1) is 12.2 Å². The van der Waals surface area contributed by atoms with Gasteiger partial charge in [-0.05, 0) is 5.56 Å². The molecule has 0 atom stereocenters. The topological polar surface area (TPSA) is 62.5 Å². The maximum absolute atomic E-state index is 12.3. The van der Waals surface area contributed by atoms with E-state index in [2.05, 4.69) is 9.88 Å². The number of thiazole rings is 1. The fraction of sp³-hybridized carbons (Fsp3) is 0.333. The van der Waals surface area contributed by atoms with E-state index in [1.165, 1.54) is 16.2 Å². The van der Waals surface area contributed by atoms with Crippen molar-refractivity contribution in [2.24, 2.45) is 0 Å². The van der Waals surface area contributed by atoms with E-state index < -0.39 is 0 Å². The van der Waals surface area contributed by atoms with Crippen LogP contribution in [-0.2, 0) is 24.4 Å². The molecule has 0 radical (unpaired) electrons. The molecular formula is C15H18N4OS. The van der Waals surface area contributed by atoms with Crippen LogP contribution in [0.2, 0.25) is 0 Å². The van der Waals surface area contributed by atoms with Crippen molar-refractivity contribution in [1.82, 2.24) is 14.8 Å². The fourth-order valence-electron chi connectivity index (χ4n) is 2.49. The van der Waals surface area contributed by atoms with E-state index in [1.54, 1.807) is 4.90 Å². The first kappa shape index (κ1) is 14.0. The molecule has 0 bridgehead atoms. The predicted octanol–water partition coefficient (Wildman–Crippen LogP) is 1.70. The van der Waals surface area contributed by atoms with E-state index in [4.69, 9.17) is 5.73 Å². The minimum absolute atomic E-state index is 0.127. The summed E-state index contributed by atoms with van der Waals surface area (Å²) in [5, 5.41) is 0.618. The minimum atomic E-state index is 0.127. The zero-order valence-corrected chi connectivity index (χ0v) is 12.8. The summed E-state index contributed by atoms with van der Waals surface area (Å²) < 4.78 is 0. The average Bonchev–Trinajstić information content (AvgIpc) is 2.96. The normalized spacial score (nSPS) is 14.1. The number of anilines is 1. The summed E-state index contributed by atoms with van der Waals surface area (Å²) >= 11 is 1.52. The third kappa shape index (κ3) is 3.22. The second-order valence-corrected chi connectivity index (χ2v) is 6.42. The van der Waals surface area contributed by atoms with Gasteiger partial charge in [-0.2, -0.15) is 0 Å². The van der Waals surface area contributed by atoms with Crippen molar-refractivity contribution in [3.8, 4) is 0 Å². The number of carbonyl (C=O) groups excluding carboxylic acids is 1. The number of rotatable bonds is 4. The van der Waals surface area contributed by atoms with Crippen LogP contribution in [0.4, 0.5) is 5.13 Å². The molecule has 6 heteroatoms. The molecule has 21 heavy (non-hydrogen) atoms. The zero-order valence-electron chi connectivity index (χ0n) is 12.0. The van der Waals surface area contributed by atoms with Gasteiger partial charge in [0.15, 0.2) is 5.13 Å². The molecule has 2 aromatic rings. The molecule has 0 spiro atoms. The summed E-state index contributed by atoms with van der Waals surface area (Å²) in [7, 11) is 1.84. The van der Waals surface area contributed by atoms with Gasteiger partial charge in [0, 0.05) is 31.6 Å². The Morgan fingerprint density at radius 2 is 2.14 bits per heavy atom. The lowest BCUT2D eigenvalue weighted by Gasteiger charge is -2.21. The molecule has 2 heterocycles. The zero-order chi connectivity index (χ0) is 14.8. The number of hydrogen-bond acceptors (Lipinski definition) is 5. The second kappa shape index (κ2) is 5.83. The molecule has 0 saturated carbocycles. The van der Waals surface area contributed by atoms with Crippen molar-refractivity contribution in [3.63, 3.8) is 0 Å². The first-order valence-electron chi connectivity index (χ1n) is 6.86. The number of benzene rings is 1. The predicted molar refractivity (Wildman–Crippen MR) is 83.6 cm³/mol. The third-order valence-corrected chi connectivity index (χ3v) is 4.49. The van der Waals surface area contributed by atoms with Crippen LogP contribution in [0.5, 0.6) is 0 Å². The monoisotopic (exact) mass is 302 g/mol. The Kier molecular flexibility index (Phi) is 3.90. The first-order valence-corrected chi connectivity index (χ1v) is 7.68. The molecule has 5 nitrogen and oxygen atoms in total. The van der Waals surface area contributed by atoms with Crippen LogP contribution in [0.3, 0.4) is 0 Å². The van der Waals surface area contributed by atoms with Crippen molar-refractivity contribution in [3.05, 3.63) is 46.5 Å². The molecule has 1 aliphatic rings. The van der Waals surface area contributed by atoms with Gasteiger partial charge in [-0.1, -0.05) is 30.3 Å². The Morgan fingerprint density at radius 3 is 2.86 bits per heavy atom. The fourth-order valence-corrected chi connectivity index (χ4v) is 3.37. The van der Waals surface area contributed by atoms with Crippen LogP contribution in [-0.4, -0.2) is 34.3 Å². The van der Waals surface area contributed by atoms with Crippen LogP contribution in [0.15, 0.2) is 30.3 Å². The van der Waals surface area contributed by atoms with Crippen LogP contribution in [0, 0.1) is 0 Å². The lowest BCUT2D eigenvalue weighted by Crippen LogP contribution is -2.35. The average molecular weight is 302 g/mol. The molecule has 3 rings (SSSR count). The van der Waals surface area contributed by atoms with E-state index in [-0.39, 0.29) is 5.91 Å². The molecule has 1 aromatic heterocycles. The smallest absolute Gasteiger partial charge is 0.236 e. The number of nitrogens with two attached hydrogens (primary N) is 1. The van der Waals surface area contributed by atoms with Crippen LogP contribution < -0.4 is 5.73 Å². The minimum Gasteiger partial charge on any atom is -0.375 e. The molecule has 0 fully saturated rings. The number of hydrogen-bond donors (Lipinski definition) is 1. The number of amides is 1. The van der Waals surface area contributed by atoms with Crippen molar-refractivity contribution >= 4 is 22.4 Å². The molecule has 0 aliphatic carbocycles. The molecular weight excluding hydrogens is 284 g/mol. The number of fused-ring (bicyclic) bond motifs is 1. The third-order valence-electron chi connectivity index (χ3n) is 3.58. The standard InChI is InChI=1S/C15H18N4OS/c1-18(7-11-5-3-2-4-6-11)14(20)10-19-8-12-13(9-19)21-15(16)17-12/h2-6H,7-10H2,1H3,(H2,16,17). The Morgan fingerprint density at radius 1 is 1.38 bits per heavy atom. The summed E-state index contributed by atoms with van der Waals surface area (Å²) in [6, 6.07) is 10.0. The van der Waals surface area contributed by atoms with Gasteiger partial charge in [-0.15, -0.1) is 11.3 Å². The molecule has 2 N–H and O–H groups in total. The van der Waals surface area contributed by atoms with Crippen LogP contribution in [0.1, 0.15) is 16.1 Å². The highest BCUT2D eigenvalue weighted by Crippen LogP contribution is 2.29. The van der Waals surface area contributed by atoms with Crippen molar-refractivity contribution in [2.75, 3.05) is 19.3 Å². The van der Waals surface area contributed by atoms with Gasteiger partial charge in [0.2, 0.25) is 5.91 Å². The number of carbonyl (C=O) groups is 1. The first-order chi connectivity index (χ1) is 10.1. The molecule has 1 amide bonds. The Balaban J connectivity index is 1.54. The highest BCUT2D eigenvalue weighted by molar-refractivity contribution is 7.15. The summed E-state index contributed by atoms with van der Waals surface area (Å²) in [4.78, 5) is 21.6. The maximum Gasteiger partial charge on any atom is 0.236 e. The number of nitrogen functional groups attached to an aromatic ring is 1. The largest absolute Gasteiger partial charge is 0.375 e. The van der Waals surface area contributed by atoms with Gasteiger partial charge in [-0.3, -0.25) is 9.69 Å². The van der Waals surface area contributed by atoms with Crippen LogP contribution >= 0.6 is 11.3 Å². The highest BCUT2D eigenvalue weighted by atomic mass is 32.1. The van der Waals surface area contributed by atoms with Crippen molar-refractivity contribution in [2.45, 2.75) is 19.6 Å².